The largest absolute Gasteiger partial charge is 0.271 e. The lowest BCUT2D eigenvalue weighted by Crippen LogP contribution is -2.29. The highest BCUT2D eigenvalue weighted by Gasteiger charge is 2.18. The topological polar surface area (TPSA) is 38.0 Å². The standard InChI is InChI=1S/C12H14F2N2/c1-2-3-4-8-11(16-15)12-9(13)6-5-7-10(12)14/h1,5-7,11,16H,3-4,8,15H2. The van der Waals surface area contributed by atoms with Crippen molar-refractivity contribution in [2.24, 2.45) is 5.84 Å². The molecular weight excluding hydrogens is 210 g/mol. The second-order valence-electron chi connectivity index (χ2n) is 3.45. The molecule has 1 atom stereocenters. The van der Waals surface area contributed by atoms with Crippen molar-refractivity contribution < 1.29 is 8.78 Å². The molecule has 0 bridgehead atoms. The molecule has 86 valence electrons. The molecule has 0 heterocycles. The fraction of sp³-hybridized carbons (Fsp3) is 0.333. The lowest BCUT2D eigenvalue weighted by atomic mass is 10.0. The Labute approximate surface area is 93.8 Å². The number of hydrogen-bond donors (Lipinski definition) is 2. The fourth-order valence-corrected chi connectivity index (χ4v) is 1.56. The van der Waals surface area contributed by atoms with Gasteiger partial charge in [-0.25, -0.2) is 8.78 Å². The van der Waals surface area contributed by atoms with Crippen LogP contribution in [0.1, 0.15) is 30.9 Å². The maximum atomic E-state index is 13.4. The van der Waals surface area contributed by atoms with Crippen LogP contribution in [0.5, 0.6) is 0 Å². The molecule has 0 aliphatic carbocycles. The molecule has 0 aliphatic rings. The van der Waals surface area contributed by atoms with E-state index in [4.69, 9.17) is 12.3 Å². The third kappa shape index (κ3) is 3.02. The maximum absolute atomic E-state index is 13.4. The number of hydrazine groups is 1. The summed E-state index contributed by atoms with van der Waals surface area (Å²) in [6.07, 6.45) is 6.83. The van der Waals surface area contributed by atoms with Gasteiger partial charge in [0.15, 0.2) is 0 Å². The van der Waals surface area contributed by atoms with Gasteiger partial charge in [-0.2, -0.15) is 0 Å². The predicted octanol–water partition coefficient (Wildman–Crippen LogP) is 2.27. The highest BCUT2D eigenvalue weighted by atomic mass is 19.1. The average molecular weight is 224 g/mol. The number of rotatable bonds is 5. The summed E-state index contributed by atoms with van der Waals surface area (Å²) < 4.78 is 26.8. The molecule has 3 N–H and O–H groups in total. The SMILES string of the molecule is C#CCCCC(NN)c1c(F)cccc1F. The van der Waals surface area contributed by atoms with E-state index in [2.05, 4.69) is 11.3 Å². The Morgan fingerprint density at radius 1 is 1.38 bits per heavy atom. The molecule has 0 radical (unpaired) electrons. The summed E-state index contributed by atoms with van der Waals surface area (Å²) in [4.78, 5) is 0. The van der Waals surface area contributed by atoms with E-state index < -0.39 is 17.7 Å². The van der Waals surface area contributed by atoms with Gasteiger partial charge in [-0.3, -0.25) is 11.3 Å². The molecule has 0 saturated heterocycles. The number of nitrogens with two attached hydrogens (primary N) is 1. The van der Waals surface area contributed by atoms with Crippen molar-refractivity contribution in [3.8, 4) is 12.3 Å². The zero-order valence-corrected chi connectivity index (χ0v) is 8.84. The molecular formula is C12H14F2N2. The Morgan fingerprint density at radius 2 is 2.00 bits per heavy atom. The van der Waals surface area contributed by atoms with Crippen LogP contribution in [0.2, 0.25) is 0 Å². The normalized spacial score (nSPS) is 12.1. The van der Waals surface area contributed by atoms with Crippen LogP contribution in [0.15, 0.2) is 18.2 Å². The van der Waals surface area contributed by atoms with E-state index >= 15 is 0 Å². The zero-order valence-electron chi connectivity index (χ0n) is 8.84. The Kier molecular flexibility index (Phi) is 4.90. The first-order chi connectivity index (χ1) is 7.70. The number of unbranched alkanes of at least 4 members (excludes halogenated alkanes) is 1. The van der Waals surface area contributed by atoms with Crippen molar-refractivity contribution in [2.75, 3.05) is 0 Å². The third-order valence-electron chi connectivity index (χ3n) is 2.36. The van der Waals surface area contributed by atoms with E-state index in [0.29, 0.717) is 19.3 Å². The minimum atomic E-state index is -0.594. The van der Waals surface area contributed by atoms with Gasteiger partial charge in [-0.05, 0) is 25.0 Å². The Balaban J connectivity index is 2.83. The molecule has 1 unspecified atom stereocenters. The number of benzene rings is 1. The lowest BCUT2D eigenvalue weighted by Gasteiger charge is -2.17. The van der Waals surface area contributed by atoms with Crippen LogP contribution in [0.3, 0.4) is 0 Å². The van der Waals surface area contributed by atoms with Crippen molar-refractivity contribution in [3.05, 3.63) is 35.4 Å². The highest BCUT2D eigenvalue weighted by molar-refractivity contribution is 5.23. The van der Waals surface area contributed by atoms with Crippen molar-refractivity contribution >= 4 is 0 Å². The van der Waals surface area contributed by atoms with Gasteiger partial charge in [0.25, 0.3) is 0 Å². The molecule has 0 saturated carbocycles. The molecule has 1 aromatic carbocycles. The van der Waals surface area contributed by atoms with Crippen LogP contribution >= 0.6 is 0 Å². The van der Waals surface area contributed by atoms with Crippen LogP contribution in [0.4, 0.5) is 8.78 Å². The minimum absolute atomic E-state index is 0.0259. The van der Waals surface area contributed by atoms with Crippen molar-refractivity contribution in [3.63, 3.8) is 0 Å². The van der Waals surface area contributed by atoms with Crippen LogP contribution < -0.4 is 11.3 Å². The zero-order chi connectivity index (χ0) is 12.0. The summed E-state index contributed by atoms with van der Waals surface area (Å²) in [6.45, 7) is 0. The maximum Gasteiger partial charge on any atom is 0.130 e. The van der Waals surface area contributed by atoms with Crippen molar-refractivity contribution in [1.29, 1.82) is 0 Å². The van der Waals surface area contributed by atoms with Gasteiger partial charge in [0.05, 0.1) is 6.04 Å². The van der Waals surface area contributed by atoms with Crippen LogP contribution in [-0.4, -0.2) is 0 Å². The summed E-state index contributed by atoms with van der Waals surface area (Å²) >= 11 is 0. The van der Waals surface area contributed by atoms with Crippen LogP contribution in [0, 0.1) is 24.0 Å². The van der Waals surface area contributed by atoms with Gasteiger partial charge in [-0.15, -0.1) is 12.3 Å². The molecule has 1 rings (SSSR count). The fourth-order valence-electron chi connectivity index (χ4n) is 1.56. The number of terminal acetylenes is 1. The Morgan fingerprint density at radius 3 is 2.50 bits per heavy atom. The summed E-state index contributed by atoms with van der Waals surface area (Å²) in [5, 5.41) is 0. The number of nitrogens with one attached hydrogen (secondary N) is 1. The van der Waals surface area contributed by atoms with E-state index in [1.165, 1.54) is 18.2 Å². The third-order valence-corrected chi connectivity index (χ3v) is 2.36. The Hall–Kier alpha value is -1.44. The summed E-state index contributed by atoms with van der Waals surface area (Å²) in [6, 6.07) is 3.20. The van der Waals surface area contributed by atoms with Gasteiger partial charge in [-0.1, -0.05) is 6.07 Å². The molecule has 1 aromatic rings. The van der Waals surface area contributed by atoms with E-state index in [1.54, 1.807) is 0 Å². The van der Waals surface area contributed by atoms with Gasteiger partial charge < -0.3 is 0 Å². The van der Waals surface area contributed by atoms with Gasteiger partial charge in [0.2, 0.25) is 0 Å². The first kappa shape index (κ1) is 12.6. The summed E-state index contributed by atoms with van der Waals surface area (Å²) in [5.41, 5.74) is 2.38. The minimum Gasteiger partial charge on any atom is -0.271 e. The van der Waals surface area contributed by atoms with Crippen LogP contribution in [0.25, 0.3) is 0 Å². The first-order valence-electron chi connectivity index (χ1n) is 5.04. The number of hydrogen-bond acceptors (Lipinski definition) is 2. The Bertz CT molecular complexity index is 365. The molecule has 0 fully saturated rings. The summed E-state index contributed by atoms with van der Waals surface area (Å²) in [5.74, 6) is 6.57. The van der Waals surface area contributed by atoms with Gasteiger partial charge in [0, 0.05) is 12.0 Å². The lowest BCUT2D eigenvalue weighted by molar-refractivity contribution is 0.447. The second kappa shape index (κ2) is 6.21. The van der Waals surface area contributed by atoms with Gasteiger partial charge in [0.1, 0.15) is 11.6 Å². The quantitative estimate of drug-likeness (QED) is 0.348. The molecule has 4 heteroatoms. The van der Waals surface area contributed by atoms with Crippen LogP contribution in [-0.2, 0) is 0 Å². The average Bonchev–Trinajstić information content (AvgIpc) is 2.26. The highest BCUT2D eigenvalue weighted by Crippen LogP contribution is 2.24. The molecule has 0 amide bonds. The van der Waals surface area contributed by atoms with Crippen molar-refractivity contribution in [1.82, 2.24) is 5.43 Å². The number of halogens is 2. The molecule has 0 aliphatic heterocycles. The predicted molar refractivity (Wildman–Crippen MR) is 59.1 cm³/mol. The van der Waals surface area contributed by atoms with E-state index in [-0.39, 0.29) is 5.56 Å². The molecule has 0 aromatic heterocycles. The first-order valence-corrected chi connectivity index (χ1v) is 5.04. The van der Waals surface area contributed by atoms with E-state index in [1.807, 2.05) is 0 Å². The summed E-state index contributed by atoms with van der Waals surface area (Å²) in [7, 11) is 0. The second-order valence-corrected chi connectivity index (χ2v) is 3.45. The smallest absolute Gasteiger partial charge is 0.130 e. The van der Waals surface area contributed by atoms with E-state index in [0.717, 1.165) is 0 Å². The molecule has 16 heavy (non-hydrogen) atoms. The van der Waals surface area contributed by atoms with E-state index in [9.17, 15) is 8.78 Å². The molecule has 0 spiro atoms. The molecule has 2 nitrogen and oxygen atoms in total. The monoisotopic (exact) mass is 224 g/mol. The van der Waals surface area contributed by atoms with Gasteiger partial charge >= 0.3 is 0 Å². The van der Waals surface area contributed by atoms with Crippen molar-refractivity contribution in [2.45, 2.75) is 25.3 Å².